The van der Waals surface area contributed by atoms with Gasteiger partial charge in [0.1, 0.15) is 11.5 Å². The normalized spacial score (nSPS) is 12.7. The molecule has 0 bridgehead atoms. The van der Waals surface area contributed by atoms with E-state index in [2.05, 4.69) is 5.32 Å². The van der Waals surface area contributed by atoms with Crippen molar-refractivity contribution in [1.82, 2.24) is 0 Å². The Morgan fingerprint density at radius 1 is 0.861 bits per heavy atom. The minimum Gasteiger partial charge on any atom is -0.507 e. The van der Waals surface area contributed by atoms with Crippen molar-refractivity contribution < 1.29 is 29.3 Å². The quantitative estimate of drug-likeness (QED) is 0.257. The average molecular weight is 484 g/mol. The molecule has 3 N–H and O–H groups in total. The lowest BCUT2D eigenvalue weighted by Gasteiger charge is -2.27. The van der Waals surface area contributed by atoms with Crippen LogP contribution in [0.1, 0.15) is 17.2 Å². The monoisotopic (exact) mass is 483 g/mol. The highest BCUT2D eigenvalue weighted by atomic mass is 16.6. The van der Waals surface area contributed by atoms with Gasteiger partial charge in [-0.2, -0.15) is 0 Å². The number of carboxylic acids is 1. The molecule has 0 saturated heterocycles. The van der Waals surface area contributed by atoms with Crippen molar-refractivity contribution in [2.75, 3.05) is 5.32 Å². The molecule has 0 heterocycles. The van der Waals surface area contributed by atoms with Gasteiger partial charge in [0.05, 0.1) is 0 Å². The summed E-state index contributed by atoms with van der Waals surface area (Å²) in [5.41, 5.74) is 2.12. The first-order valence-corrected chi connectivity index (χ1v) is 11.3. The third kappa shape index (κ3) is 6.01. The lowest BCUT2D eigenvalue weighted by molar-refractivity contribution is -0.131. The molecule has 182 valence electrons. The highest BCUT2D eigenvalue weighted by molar-refractivity contribution is 5.92. The molecule has 0 aliphatic heterocycles. The summed E-state index contributed by atoms with van der Waals surface area (Å²) in [5, 5.41) is 23.6. The Morgan fingerprint density at radius 3 is 2.22 bits per heavy atom. The topological polar surface area (TPSA) is 105 Å². The van der Waals surface area contributed by atoms with Crippen molar-refractivity contribution in [3.63, 3.8) is 0 Å². The molecule has 7 nitrogen and oxygen atoms in total. The Bertz CT molecular complexity index is 1380. The molecular weight excluding hydrogens is 458 g/mol. The fraction of sp³-hybridized carbons (Fsp3) is 0.103. The van der Waals surface area contributed by atoms with Crippen molar-refractivity contribution in [2.24, 2.45) is 0 Å². The standard InChI is InChI=1S/C29H25NO6/c1-19-11-13-20(14-12-19)30-29(34)36-28(24-15-16-25(31)23-10-6-5-9-22(23)24)26(17-18-27(32)33)35-21-7-3-2-4-8-21/h2-18,26,28,31H,1H3,(H,30,34)(H,32,33)/b18-17+/t26-,28-/m0/s1. The number of hydrogen-bond donors (Lipinski definition) is 3. The molecule has 0 aromatic heterocycles. The van der Waals surface area contributed by atoms with Crippen molar-refractivity contribution in [2.45, 2.75) is 19.1 Å². The number of benzene rings is 4. The van der Waals surface area contributed by atoms with E-state index in [9.17, 15) is 19.8 Å². The highest BCUT2D eigenvalue weighted by Crippen LogP contribution is 2.35. The Balaban J connectivity index is 1.76. The Morgan fingerprint density at radius 2 is 1.53 bits per heavy atom. The zero-order valence-electron chi connectivity index (χ0n) is 19.5. The Kier molecular flexibility index (Phi) is 7.51. The Labute approximate surface area is 208 Å². The predicted octanol–water partition coefficient (Wildman–Crippen LogP) is 6.23. The van der Waals surface area contributed by atoms with Gasteiger partial charge in [0.15, 0.2) is 12.2 Å². The minimum absolute atomic E-state index is 0.0683. The van der Waals surface area contributed by atoms with E-state index in [1.54, 1.807) is 66.7 Å². The van der Waals surface area contributed by atoms with Gasteiger partial charge in [0.2, 0.25) is 0 Å². The third-order valence-electron chi connectivity index (χ3n) is 5.52. The number of fused-ring (bicyclic) bond motifs is 1. The first-order chi connectivity index (χ1) is 17.4. The summed E-state index contributed by atoms with van der Waals surface area (Å²) in [6.07, 6.45) is -0.519. The van der Waals surface area contributed by atoms with Crippen molar-refractivity contribution in [1.29, 1.82) is 0 Å². The number of carboxylic acid groups (broad SMARTS) is 1. The van der Waals surface area contributed by atoms with Crippen LogP contribution in [0.2, 0.25) is 0 Å². The molecule has 2 atom stereocenters. The molecule has 0 saturated carbocycles. The van der Waals surface area contributed by atoms with E-state index in [1.807, 2.05) is 25.1 Å². The van der Waals surface area contributed by atoms with E-state index >= 15 is 0 Å². The van der Waals surface area contributed by atoms with Gasteiger partial charge in [-0.25, -0.2) is 9.59 Å². The van der Waals surface area contributed by atoms with E-state index in [4.69, 9.17) is 9.47 Å². The van der Waals surface area contributed by atoms with Gasteiger partial charge >= 0.3 is 12.1 Å². The van der Waals surface area contributed by atoms with Crippen LogP contribution in [-0.2, 0) is 9.53 Å². The van der Waals surface area contributed by atoms with Crippen LogP contribution in [0.15, 0.2) is 103 Å². The molecule has 4 aromatic rings. The van der Waals surface area contributed by atoms with Crippen molar-refractivity contribution in [3.8, 4) is 11.5 Å². The number of amides is 1. The second kappa shape index (κ2) is 11.1. The van der Waals surface area contributed by atoms with Gasteiger partial charge in [-0.05, 0) is 48.7 Å². The lowest BCUT2D eigenvalue weighted by atomic mass is 9.96. The average Bonchev–Trinajstić information content (AvgIpc) is 2.88. The van der Waals surface area contributed by atoms with Crippen LogP contribution in [-0.4, -0.2) is 28.4 Å². The smallest absolute Gasteiger partial charge is 0.412 e. The number of phenolic OH excluding ortho intramolecular Hbond substituents is 1. The van der Waals surface area contributed by atoms with Gasteiger partial charge in [-0.15, -0.1) is 0 Å². The van der Waals surface area contributed by atoms with Gasteiger partial charge < -0.3 is 19.7 Å². The summed E-state index contributed by atoms with van der Waals surface area (Å²) in [7, 11) is 0. The number of ether oxygens (including phenoxy) is 2. The maximum Gasteiger partial charge on any atom is 0.412 e. The second-order valence-corrected chi connectivity index (χ2v) is 8.13. The number of para-hydroxylation sites is 1. The number of aliphatic carboxylic acids is 1. The molecule has 0 spiro atoms. The van der Waals surface area contributed by atoms with Gasteiger partial charge in [0, 0.05) is 22.7 Å². The summed E-state index contributed by atoms with van der Waals surface area (Å²) in [4.78, 5) is 24.4. The molecule has 0 radical (unpaired) electrons. The fourth-order valence-electron chi connectivity index (χ4n) is 3.80. The number of hydrogen-bond acceptors (Lipinski definition) is 5. The molecule has 36 heavy (non-hydrogen) atoms. The molecular formula is C29H25NO6. The van der Waals surface area contributed by atoms with Crippen LogP contribution in [0.4, 0.5) is 10.5 Å². The third-order valence-corrected chi connectivity index (χ3v) is 5.52. The summed E-state index contributed by atoms with van der Waals surface area (Å²) >= 11 is 0. The minimum atomic E-state index is -1.17. The van der Waals surface area contributed by atoms with Crippen LogP contribution >= 0.6 is 0 Å². The number of nitrogens with one attached hydrogen (secondary N) is 1. The number of rotatable bonds is 8. The highest BCUT2D eigenvalue weighted by Gasteiger charge is 2.30. The van der Waals surface area contributed by atoms with Crippen molar-refractivity contribution >= 4 is 28.5 Å². The molecule has 0 aliphatic carbocycles. The second-order valence-electron chi connectivity index (χ2n) is 8.13. The molecule has 0 unspecified atom stereocenters. The molecule has 7 heteroatoms. The van der Waals surface area contributed by atoms with E-state index in [-0.39, 0.29) is 5.75 Å². The SMILES string of the molecule is Cc1ccc(NC(=O)O[C@@H](c2ccc(O)c3ccccc23)[C@H](/C=C/C(=O)O)Oc2ccccc2)cc1. The lowest BCUT2D eigenvalue weighted by Crippen LogP contribution is -2.30. The summed E-state index contributed by atoms with van der Waals surface area (Å²) in [5.74, 6) is -0.637. The molecule has 4 aromatic carbocycles. The first-order valence-electron chi connectivity index (χ1n) is 11.3. The maximum absolute atomic E-state index is 13.0. The first kappa shape index (κ1) is 24.3. The summed E-state index contributed by atoms with van der Waals surface area (Å²) in [6, 6.07) is 26.3. The summed E-state index contributed by atoms with van der Waals surface area (Å²) in [6.45, 7) is 1.94. The van der Waals surface area contributed by atoms with Crippen molar-refractivity contribution in [3.05, 3.63) is 114 Å². The van der Waals surface area contributed by atoms with Gasteiger partial charge in [-0.3, -0.25) is 5.32 Å². The summed E-state index contributed by atoms with van der Waals surface area (Å²) < 4.78 is 12.0. The number of aromatic hydroxyl groups is 1. The zero-order chi connectivity index (χ0) is 25.5. The largest absolute Gasteiger partial charge is 0.507 e. The van der Waals surface area contributed by atoms with Crippen LogP contribution < -0.4 is 10.1 Å². The van der Waals surface area contributed by atoms with E-state index in [0.29, 0.717) is 27.8 Å². The number of phenols is 1. The molecule has 4 rings (SSSR count). The number of carbonyl (C=O) groups excluding carboxylic acids is 1. The molecule has 1 amide bonds. The predicted molar refractivity (Wildman–Crippen MR) is 137 cm³/mol. The number of carbonyl (C=O) groups is 2. The molecule has 0 fully saturated rings. The fourth-order valence-corrected chi connectivity index (χ4v) is 3.80. The van der Waals surface area contributed by atoms with Crippen LogP contribution in [0.3, 0.4) is 0 Å². The van der Waals surface area contributed by atoms with Crippen LogP contribution in [0.5, 0.6) is 11.5 Å². The molecule has 0 aliphatic rings. The Hall–Kier alpha value is -4.78. The van der Waals surface area contributed by atoms with Gasteiger partial charge in [-0.1, -0.05) is 66.2 Å². The van der Waals surface area contributed by atoms with Crippen LogP contribution in [0, 0.1) is 6.92 Å². The van der Waals surface area contributed by atoms with E-state index < -0.39 is 24.3 Å². The van der Waals surface area contributed by atoms with Gasteiger partial charge in [0.25, 0.3) is 0 Å². The van der Waals surface area contributed by atoms with Crippen LogP contribution in [0.25, 0.3) is 10.8 Å². The number of anilines is 1. The van der Waals surface area contributed by atoms with E-state index in [0.717, 1.165) is 11.6 Å². The number of aryl methyl sites for hydroxylation is 1. The maximum atomic E-state index is 13.0. The van der Waals surface area contributed by atoms with E-state index in [1.165, 1.54) is 12.1 Å². The zero-order valence-corrected chi connectivity index (χ0v) is 19.5.